The number of alkyl halides is 2. The molecule has 0 bridgehead atoms. The maximum atomic E-state index is 14.8. The minimum Gasteiger partial charge on any atom is -0.348 e. The summed E-state index contributed by atoms with van der Waals surface area (Å²) < 4.78 is 31.4. The van der Waals surface area contributed by atoms with Crippen LogP contribution in [0.3, 0.4) is 0 Å². The van der Waals surface area contributed by atoms with Gasteiger partial charge in [-0.3, -0.25) is 28.8 Å². The van der Waals surface area contributed by atoms with Gasteiger partial charge in [-0.05, 0) is 43.5 Å². The van der Waals surface area contributed by atoms with Crippen LogP contribution in [0.1, 0.15) is 50.4 Å². The number of thiophene rings is 1. The minimum absolute atomic E-state index is 0.119. The Bertz CT molecular complexity index is 2150. The first-order valence-corrected chi connectivity index (χ1v) is 18.0. The van der Waals surface area contributed by atoms with E-state index >= 15 is 0 Å². The van der Waals surface area contributed by atoms with Gasteiger partial charge >= 0.3 is 0 Å². The summed E-state index contributed by atoms with van der Waals surface area (Å²) in [7, 11) is 1.71. The number of aryl methyl sites for hydroxylation is 2. The highest BCUT2D eigenvalue weighted by Crippen LogP contribution is 2.39. The minimum atomic E-state index is -3.29. The lowest BCUT2D eigenvalue weighted by Crippen LogP contribution is -2.46. The number of pyridine rings is 1. The van der Waals surface area contributed by atoms with Crippen LogP contribution >= 0.6 is 34.5 Å². The first kappa shape index (κ1) is 37.1. The van der Waals surface area contributed by atoms with Gasteiger partial charge in [-0.2, -0.15) is 5.10 Å². The summed E-state index contributed by atoms with van der Waals surface area (Å²) in [6, 6.07) is 15.9. The number of likely N-dealkylation sites (tertiary alicyclic amines) is 1. The summed E-state index contributed by atoms with van der Waals surface area (Å²) in [6.45, 7) is 0.422. The van der Waals surface area contributed by atoms with Crippen LogP contribution in [0.15, 0.2) is 73.1 Å². The van der Waals surface area contributed by atoms with E-state index in [-0.39, 0.29) is 18.4 Å². The van der Waals surface area contributed by atoms with E-state index in [1.807, 2.05) is 31.2 Å². The van der Waals surface area contributed by atoms with Crippen LogP contribution in [0.2, 0.25) is 9.36 Å². The zero-order valence-electron chi connectivity index (χ0n) is 28.2. The van der Waals surface area contributed by atoms with Gasteiger partial charge in [0, 0.05) is 43.1 Å². The molecule has 6 rings (SSSR count). The van der Waals surface area contributed by atoms with Gasteiger partial charge in [0.15, 0.2) is 5.78 Å². The molecule has 3 amide bonds. The third kappa shape index (κ3) is 8.32. The molecule has 10 nitrogen and oxygen atoms in total. The van der Waals surface area contributed by atoms with E-state index in [4.69, 9.17) is 23.2 Å². The van der Waals surface area contributed by atoms with Crippen molar-refractivity contribution in [1.29, 1.82) is 0 Å². The summed E-state index contributed by atoms with van der Waals surface area (Å²) in [5.41, 5.74) is 3.88. The first-order valence-electron chi connectivity index (χ1n) is 16.4. The van der Waals surface area contributed by atoms with Crippen LogP contribution in [0.4, 0.5) is 8.78 Å². The van der Waals surface area contributed by atoms with Crippen LogP contribution in [0.5, 0.6) is 0 Å². The van der Waals surface area contributed by atoms with Crippen molar-refractivity contribution in [3.05, 3.63) is 104 Å². The molecule has 3 aromatic heterocycles. The molecular weight excluding hydrogens is 733 g/mol. The summed E-state index contributed by atoms with van der Waals surface area (Å²) >= 11 is 13.9. The van der Waals surface area contributed by atoms with Crippen molar-refractivity contribution in [2.45, 2.75) is 50.6 Å². The number of Topliss-reactive ketones (excluding diaryl/α,β-unsaturated/α-hetero) is 1. The number of benzene rings is 2. The van der Waals surface area contributed by atoms with E-state index in [1.54, 1.807) is 42.1 Å². The van der Waals surface area contributed by atoms with Gasteiger partial charge in [0.25, 0.3) is 17.7 Å². The van der Waals surface area contributed by atoms with Gasteiger partial charge < -0.3 is 15.5 Å². The molecule has 2 N–H and O–H groups in total. The Labute approximate surface area is 312 Å². The van der Waals surface area contributed by atoms with E-state index < -0.39 is 61.0 Å². The van der Waals surface area contributed by atoms with Crippen molar-refractivity contribution in [3.8, 4) is 11.3 Å². The number of hydrogen-bond donors (Lipinski definition) is 2. The topological polar surface area (TPSA) is 126 Å². The molecule has 0 radical (unpaired) electrons. The van der Waals surface area contributed by atoms with Crippen LogP contribution in [-0.2, 0) is 23.1 Å². The number of fused-ring (bicyclic) bond motifs is 1. The molecule has 2 aromatic carbocycles. The Balaban J connectivity index is 1.14. The lowest BCUT2D eigenvalue weighted by Gasteiger charge is -2.24. The average Bonchev–Trinajstić information content (AvgIpc) is 3.77. The number of halogens is 4. The van der Waals surface area contributed by atoms with E-state index in [2.05, 4.69) is 20.7 Å². The molecule has 0 aliphatic carbocycles. The van der Waals surface area contributed by atoms with Crippen LogP contribution < -0.4 is 10.6 Å². The van der Waals surface area contributed by atoms with Crippen LogP contribution in [0.25, 0.3) is 22.2 Å². The highest BCUT2D eigenvalue weighted by atomic mass is 35.5. The fraction of sp³-hybridized carbons (Fsp3) is 0.297. The highest BCUT2D eigenvalue weighted by molar-refractivity contribution is 7.18. The lowest BCUT2D eigenvalue weighted by atomic mass is 9.96. The second-order valence-electron chi connectivity index (χ2n) is 12.8. The number of ketones is 1. The van der Waals surface area contributed by atoms with Gasteiger partial charge in [-0.1, -0.05) is 71.2 Å². The van der Waals surface area contributed by atoms with Gasteiger partial charge in [-0.25, -0.2) is 8.78 Å². The number of rotatable bonds is 12. The van der Waals surface area contributed by atoms with E-state index in [1.165, 1.54) is 18.5 Å². The van der Waals surface area contributed by atoms with Crippen molar-refractivity contribution in [2.75, 3.05) is 13.1 Å². The third-order valence-electron chi connectivity index (χ3n) is 8.95. The predicted octanol–water partition coefficient (Wildman–Crippen LogP) is 6.67. The van der Waals surface area contributed by atoms with E-state index in [0.717, 1.165) is 27.4 Å². The predicted molar refractivity (Wildman–Crippen MR) is 196 cm³/mol. The molecule has 2 atom stereocenters. The zero-order chi connectivity index (χ0) is 37.2. The number of hydrogen-bond acceptors (Lipinski definition) is 7. The number of carbonyl (C=O) groups is 4. The molecule has 52 heavy (non-hydrogen) atoms. The molecule has 1 aliphatic rings. The summed E-state index contributed by atoms with van der Waals surface area (Å²) in [5, 5.41) is 10.6. The van der Waals surface area contributed by atoms with Crippen molar-refractivity contribution in [2.24, 2.45) is 7.05 Å². The standard InChI is InChI=1S/C37H34Cl2F2N6O4S/c1-21-6-5-7-22(14-21)15-23(45-36(51)31-16-26(34(39)52-31)33-27(38)18-44-46(33)2)10-11-30(48)29-17-37(40,41)20-47(29)32(49)19-43-35(50)25-12-13-42-28-9-4-3-8-24(25)28/h3-9,12-14,16,18,23,29H,10-11,15,17,19-20H2,1-2H3,(H,43,50)(H,45,51)/t23-,29+/m1/s1. The molecule has 270 valence electrons. The Morgan fingerprint density at radius 2 is 1.85 bits per heavy atom. The fourth-order valence-electron chi connectivity index (χ4n) is 6.46. The Hall–Kier alpha value is -4.72. The van der Waals surface area contributed by atoms with Crippen molar-refractivity contribution in [1.82, 2.24) is 30.3 Å². The summed E-state index contributed by atoms with van der Waals surface area (Å²) in [6.07, 6.45) is 2.41. The van der Waals surface area contributed by atoms with Crippen molar-refractivity contribution >= 4 is 68.9 Å². The summed E-state index contributed by atoms with van der Waals surface area (Å²) in [5.74, 6) is -5.65. The Morgan fingerprint density at radius 1 is 1.06 bits per heavy atom. The smallest absolute Gasteiger partial charge is 0.267 e. The van der Waals surface area contributed by atoms with Gasteiger partial charge in [0.2, 0.25) is 5.91 Å². The average molecular weight is 768 g/mol. The monoisotopic (exact) mass is 766 g/mol. The number of nitrogens with one attached hydrogen (secondary N) is 2. The molecular formula is C37H34Cl2F2N6O4S. The number of nitrogens with zero attached hydrogens (tertiary/aromatic N) is 4. The lowest BCUT2D eigenvalue weighted by molar-refractivity contribution is -0.137. The molecule has 0 spiro atoms. The molecule has 1 saturated heterocycles. The normalized spacial score (nSPS) is 15.8. The Morgan fingerprint density at radius 3 is 2.60 bits per heavy atom. The molecule has 4 heterocycles. The molecule has 0 saturated carbocycles. The molecule has 0 unspecified atom stereocenters. The van der Waals surface area contributed by atoms with Gasteiger partial charge in [0.05, 0.1) is 52.0 Å². The molecule has 1 aliphatic heterocycles. The second kappa shape index (κ2) is 15.5. The summed E-state index contributed by atoms with van der Waals surface area (Å²) in [4.78, 5) is 58.8. The maximum Gasteiger partial charge on any atom is 0.267 e. The third-order valence-corrected chi connectivity index (χ3v) is 10.6. The number of para-hydroxylation sites is 1. The van der Waals surface area contributed by atoms with Crippen molar-refractivity contribution < 1.29 is 28.0 Å². The second-order valence-corrected chi connectivity index (χ2v) is 14.8. The highest BCUT2D eigenvalue weighted by Gasteiger charge is 2.49. The van der Waals surface area contributed by atoms with Crippen LogP contribution in [-0.4, -0.2) is 74.3 Å². The number of amides is 3. The van der Waals surface area contributed by atoms with Crippen LogP contribution in [0, 0.1) is 6.92 Å². The van der Waals surface area contributed by atoms with Gasteiger partial charge in [-0.15, -0.1) is 11.3 Å². The van der Waals surface area contributed by atoms with Crippen molar-refractivity contribution in [3.63, 3.8) is 0 Å². The van der Waals surface area contributed by atoms with Gasteiger partial charge in [0.1, 0.15) is 4.34 Å². The van der Waals surface area contributed by atoms with E-state index in [9.17, 15) is 28.0 Å². The maximum absolute atomic E-state index is 14.8. The number of aromatic nitrogens is 3. The molecule has 1 fully saturated rings. The molecule has 15 heteroatoms. The SMILES string of the molecule is Cc1cccc(C[C@@H](CCC(=O)[C@@H]2CC(F)(F)CN2C(=O)CNC(=O)c2ccnc3ccccc23)NC(=O)c2cc(-c3c(Cl)cnn3C)c(Cl)s2)c1. The number of carbonyl (C=O) groups excluding carboxylic acids is 4. The zero-order valence-corrected chi connectivity index (χ0v) is 30.5. The largest absolute Gasteiger partial charge is 0.348 e. The molecule has 5 aromatic rings. The quantitative estimate of drug-likeness (QED) is 0.146. The van der Waals surface area contributed by atoms with E-state index in [0.29, 0.717) is 42.8 Å². The fourth-order valence-corrected chi connectivity index (χ4v) is 7.91. The first-order chi connectivity index (χ1) is 24.8. The Kier molecular flexibility index (Phi) is 11.0.